The number of aromatic nitrogens is 1. The quantitative estimate of drug-likeness (QED) is 0.337. The summed E-state index contributed by atoms with van der Waals surface area (Å²) < 4.78 is 6.10. The minimum absolute atomic E-state index is 0.0604. The fourth-order valence-electron chi connectivity index (χ4n) is 5.50. The average molecular weight is 444 g/mol. The van der Waals surface area contributed by atoms with Gasteiger partial charge in [0.2, 0.25) is 5.71 Å². The van der Waals surface area contributed by atoms with Crippen LogP contribution in [0.2, 0.25) is 0 Å². The van der Waals surface area contributed by atoms with Crippen LogP contribution in [-0.4, -0.2) is 22.4 Å². The molecule has 6 rings (SSSR count). The van der Waals surface area contributed by atoms with Crippen LogP contribution in [0.5, 0.6) is 0 Å². The van der Waals surface area contributed by atoms with Gasteiger partial charge in [-0.15, -0.1) is 0 Å². The highest BCUT2D eigenvalue weighted by molar-refractivity contribution is 6.15. The lowest BCUT2D eigenvalue weighted by Gasteiger charge is -2.32. The number of aliphatic imine (C=N–C) groups is 2. The van der Waals surface area contributed by atoms with E-state index in [0.717, 1.165) is 51.9 Å². The largest absolute Gasteiger partial charge is 0.438 e. The number of hydrogen-bond donors (Lipinski definition) is 0. The van der Waals surface area contributed by atoms with Gasteiger partial charge in [0, 0.05) is 40.7 Å². The van der Waals surface area contributed by atoms with Gasteiger partial charge < -0.3 is 4.42 Å². The maximum atomic E-state index is 6.10. The standard InChI is InChI=1S/C30H25N3O/c1-4-25-20-11-7-6-10-19(20)21-14-15-22-24(26(5-2)32-18(3)16-27(21)33-25)17-31-30-29(22)23-12-8-9-13-28(23)34-30/h4-13,17,21,27H,1-3,14-16H2. The zero-order valence-corrected chi connectivity index (χ0v) is 19.0. The predicted octanol–water partition coefficient (Wildman–Crippen LogP) is 6.95. The molecular formula is C30H25N3O. The lowest BCUT2D eigenvalue weighted by atomic mass is 9.78. The second-order valence-electron chi connectivity index (χ2n) is 8.92. The van der Waals surface area contributed by atoms with E-state index in [9.17, 15) is 0 Å². The van der Waals surface area contributed by atoms with Crippen molar-refractivity contribution in [1.82, 2.24) is 4.98 Å². The predicted molar refractivity (Wildman–Crippen MR) is 140 cm³/mol. The van der Waals surface area contributed by atoms with Crippen molar-refractivity contribution in [3.05, 3.63) is 115 Å². The Bertz CT molecular complexity index is 1550. The van der Waals surface area contributed by atoms with Crippen LogP contribution in [-0.2, 0) is 6.42 Å². The van der Waals surface area contributed by atoms with Gasteiger partial charge in [-0.1, -0.05) is 62.2 Å². The van der Waals surface area contributed by atoms with E-state index in [-0.39, 0.29) is 12.0 Å². The summed E-state index contributed by atoms with van der Waals surface area (Å²) in [5.41, 5.74) is 8.72. The van der Waals surface area contributed by atoms with Crippen LogP contribution in [0.1, 0.15) is 41.0 Å². The summed E-state index contributed by atoms with van der Waals surface area (Å²) in [6, 6.07) is 16.7. The third kappa shape index (κ3) is 3.18. The SMILES string of the molecule is C=CC1=NC2CC(=C)N=C(C=C)c3cnc4oc5ccccc5c4c3CCC2c2ccccc21. The van der Waals surface area contributed by atoms with E-state index < -0.39 is 0 Å². The minimum Gasteiger partial charge on any atom is -0.438 e. The fraction of sp³-hybridized carbons (Fsp3) is 0.167. The van der Waals surface area contributed by atoms with Crippen molar-refractivity contribution < 1.29 is 4.42 Å². The Hall–Kier alpha value is -4.05. The van der Waals surface area contributed by atoms with E-state index in [4.69, 9.17) is 14.4 Å². The zero-order valence-electron chi connectivity index (χ0n) is 19.0. The van der Waals surface area contributed by atoms with E-state index in [1.807, 2.05) is 30.5 Å². The van der Waals surface area contributed by atoms with Crippen molar-refractivity contribution in [3.63, 3.8) is 0 Å². The normalized spacial score (nSPS) is 20.1. The van der Waals surface area contributed by atoms with Gasteiger partial charge in [-0.05, 0) is 42.2 Å². The van der Waals surface area contributed by atoms with Gasteiger partial charge in [-0.2, -0.15) is 0 Å². The molecule has 2 atom stereocenters. The average Bonchev–Trinajstić information content (AvgIpc) is 3.25. The molecule has 0 fully saturated rings. The Balaban J connectivity index is 1.58. The van der Waals surface area contributed by atoms with Gasteiger partial charge in [0.25, 0.3) is 0 Å². The third-order valence-electron chi connectivity index (χ3n) is 7.01. The minimum atomic E-state index is 0.0604. The summed E-state index contributed by atoms with van der Waals surface area (Å²) in [6.07, 6.45) is 8.01. The van der Waals surface area contributed by atoms with E-state index in [0.29, 0.717) is 12.1 Å². The number of para-hydroxylation sites is 1. The van der Waals surface area contributed by atoms with Crippen molar-refractivity contribution in [1.29, 1.82) is 0 Å². The first-order chi connectivity index (χ1) is 16.7. The van der Waals surface area contributed by atoms with Crippen LogP contribution in [0.25, 0.3) is 22.1 Å². The number of nitrogens with zero attached hydrogens (tertiary/aromatic N) is 3. The first kappa shape index (κ1) is 20.5. The summed E-state index contributed by atoms with van der Waals surface area (Å²) in [5.74, 6) is 0.256. The lowest BCUT2D eigenvalue weighted by Crippen LogP contribution is -2.27. The first-order valence-corrected chi connectivity index (χ1v) is 11.7. The van der Waals surface area contributed by atoms with Crippen molar-refractivity contribution in [2.75, 3.05) is 0 Å². The number of furan rings is 1. The number of allylic oxidation sites excluding steroid dienone is 2. The van der Waals surface area contributed by atoms with E-state index >= 15 is 0 Å². The van der Waals surface area contributed by atoms with Crippen LogP contribution in [0.15, 0.2) is 107 Å². The molecule has 0 N–H and O–H groups in total. The van der Waals surface area contributed by atoms with E-state index in [2.05, 4.69) is 55.1 Å². The molecular weight excluding hydrogens is 418 g/mol. The number of rotatable bonds is 2. The maximum Gasteiger partial charge on any atom is 0.227 e. The van der Waals surface area contributed by atoms with Gasteiger partial charge in [0.1, 0.15) is 5.58 Å². The lowest BCUT2D eigenvalue weighted by molar-refractivity contribution is 0.490. The summed E-state index contributed by atoms with van der Waals surface area (Å²) in [7, 11) is 0. The Labute approximate surface area is 198 Å². The molecule has 2 unspecified atom stereocenters. The molecule has 0 aliphatic carbocycles. The second-order valence-corrected chi connectivity index (χ2v) is 8.92. The molecule has 0 radical (unpaired) electrons. The molecule has 4 aromatic rings. The molecule has 0 bridgehead atoms. The summed E-state index contributed by atoms with van der Waals surface area (Å²) in [4.78, 5) is 14.7. The molecule has 4 nitrogen and oxygen atoms in total. The molecule has 2 aromatic carbocycles. The van der Waals surface area contributed by atoms with Crippen LogP contribution in [0.4, 0.5) is 0 Å². The number of fused-ring (bicyclic) bond motifs is 8. The molecule has 0 spiro atoms. The maximum absolute atomic E-state index is 6.10. The molecule has 34 heavy (non-hydrogen) atoms. The Morgan fingerprint density at radius 3 is 2.59 bits per heavy atom. The van der Waals surface area contributed by atoms with Crippen molar-refractivity contribution in [2.24, 2.45) is 9.98 Å². The molecule has 4 heteroatoms. The molecule has 0 saturated heterocycles. The van der Waals surface area contributed by atoms with Gasteiger partial charge in [0.05, 0.1) is 22.9 Å². The van der Waals surface area contributed by atoms with Gasteiger partial charge in [-0.25, -0.2) is 4.98 Å². The second kappa shape index (κ2) is 8.07. The highest BCUT2D eigenvalue weighted by Gasteiger charge is 2.32. The zero-order chi connectivity index (χ0) is 23.2. The van der Waals surface area contributed by atoms with Crippen molar-refractivity contribution in [3.8, 4) is 0 Å². The molecule has 2 aliphatic rings. The molecule has 166 valence electrons. The Kier molecular flexibility index (Phi) is 4.88. The van der Waals surface area contributed by atoms with Crippen LogP contribution < -0.4 is 0 Å². The molecule has 2 aromatic heterocycles. The van der Waals surface area contributed by atoms with Gasteiger partial charge in [0.15, 0.2) is 0 Å². The monoisotopic (exact) mass is 443 g/mol. The summed E-state index contributed by atoms with van der Waals surface area (Å²) in [5, 5.41) is 2.14. The number of pyridine rings is 1. The topological polar surface area (TPSA) is 50.8 Å². The third-order valence-corrected chi connectivity index (χ3v) is 7.01. The van der Waals surface area contributed by atoms with Crippen LogP contribution in [0.3, 0.4) is 0 Å². The molecule has 0 saturated carbocycles. The number of aryl methyl sites for hydroxylation is 1. The van der Waals surface area contributed by atoms with Gasteiger partial charge >= 0.3 is 0 Å². The summed E-state index contributed by atoms with van der Waals surface area (Å²) >= 11 is 0. The highest BCUT2D eigenvalue weighted by atomic mass is 16.3. The summed E-state index contributed by atoms with van der Waals surface area (Å²) in [6.45, 7) is 12.4. The van der Waals surface area contributed by atoms with Gasteiger partial charge in [-0.3, -0.25) is 9.98 Å². The van der Waals surface area contributed by atoms with E-state index in [1.165, 1.54) is 16.7 Å². The molecule has 2 aliphatic heterocycles. The first-order valence-electron chi connectivity index (χ1n) is 11.7. The van der Waals surface area contributed by atoms with Crippen molar-refractivity contribution >= 4 is 33.5 Å². The smallest absolute Gasteiger partial charge is 0.227 e. The highest BCUT2D eigenvalue weighted by Crippen LogP contribution is 2.40. The Morgan fingerprint density at radius 1 is 0.941 bits per heavy atom. The van der Waals surface area contributed by atoms with Crippen LogP contribution in [0, 0.1) is 0 Å². The van der Waals surface area contributed by atoms with E-state index in [1.54, 1.807) is 6.08 Å². The molecule has 4 heterocycles. The number of hydrogen-bond acceptors (Lipinski definition) is 4. The number of benzene rings is 2. The fourth-order valence-corrected chi connectivity index (χ4v) is 5.50. The van der Waals surface area contributed by atoms with Crippen molar-refractivity contribution in [2.45, 2.75) is 31.2 Å². The Morgan fingerprint density at radius 2 is 1.74 bits per heavy atom. The molecule has 0 amide bonds. The van der Waals surface area contributed by atoms with Crippen LogP contribution >= 0.6 is 0 Å².